The van der Waals surface area contributed by atoms with Crippen LogP contribution in [0.15, 0.2) is 6.07 Å². The van der Waals surface area contributed by atoms with Crippen LogP contribution in [0.4, 0.5) is 5.69 Å². The fourth-order valence-electron chi connectivity index (χ4n) is 2.01. The van der Waals surface area contributed by atoms with Crippen LogP contribution in [-0.4, -0.2) is 48.7 Å². The molecule has 1 atom stereocenters. The van der Waals surface area contributed by atoms with Gasteiger partial charge in [0.15, 0.2) is 14.2 Å². The van der Waals surface area contributed by atoms with E-state index in [-0.39, 0.29) is 26.4 Å². The third-order valence-corrected chi connectivity index (χ3v) is 6.23. The van der Waals surface area contributed by atoms with Crippen molar-refractivity contribution in [3.63, 3.8) is 0 Å². The lowest BCUT2D eigenvalue weighted by Gasteiger charge is -2.22. The standard InChI is InChI=1S/C10H11ClN2O5S2/c1-12(6-2-3-20(17,18)5-6)10(14)8-4-7(13(15)16)9(11)19-8/h4,6H,2-3,5H2,1H3. The molecule has 110 valence electrons. The summed E-state index contributed by atoms with van der Waals surface area (Å²) >= 11 is 6.52. The molecule has 20 heavy (non-hydrogen) atoms. The quantitative estimate of drug-likeness (QED) is 0.615. The summed E-state index contributed by atoms with van der Waals surface area (Å²) in [6, 6.07) is 0.724. The first-order valence-electron chi connectivity index (χ1n) is 5.62. The van der Waals surface area contributed by atoms with Gasteiger partial charge in [0.25, 0.3) is 11.6 Å². The number of nitro groups is 1. The van der Waals surface area contributed by atoms with Crippen molar-refractivity contribution in [3.05, 3.63) is 25.4 Å². The zero-order valence-corrected chi connectivity index (χ0v) is 12.8. The number of carbonyl (C=O) groups excluding carboxylic acids is 1. The SMILES string of the molecule is CN(C(=O)c1cc([N+](=O)[O-])c(Cl)s1)C1CCS(=O)(=O)C1. The smallest absolute Gasteiger partial charge is 0.299 e. The van der Waals surface area contributed by atoms with Crippen LogP contribution in [0.25, 0.3) is 0 Å². The molecule has 0 aromatic carbocycles. The molecule has 7 nitrogen and oxygen atoms in total. The number of amides is 1. The fraction of sp³-hybridized carbons (Fsp3) is 0.500. The van der Waals surface area contributed by atoms with Crippen molar-refractivity contribution in [1.29, 1.82) is 0 Å². The van der Waals surface area contributed by atoms with E-state index in [0.717, 1.165) is 17.4 Å². The summed E-state index contributed by atoms with van der Waals surface area (Å²) in [4.78, 5) is 23.7. The lowest BCUT2D eigenvalue weighted by molar-refractivity contribution is -0.384. The molecule has 1 saturated heterocycles. The number of halogens is 1. The van der Waals surface area contributed by atoms with Crippen molar-refractivity contribution in [1.82, 2.24) is 4.90 Å². The van der Waals surface area contributed by atoms with Crippen LogP contribution in [0, 0.1) is 10.1 Å². The van der Waals surface area contributed by atoms with Gasteiger partial charge in [-0.2, -0.15) is 0 Å². The summed E-state index contributed by atoms with van der Waals surface area (Å²) in [6.07, 6.45) is 0.381. The number of thiophene rings is 1. The van der Waals surface area contributed by atoms with Gasteiger partial charge < -0.3 is 4.90 Å². The molecular formula is C10H11ClN2O5S2. The largest absolute Gasteiger partial charge is 0.337 e. The summed E-state index contributed by atoms with van der Waals surface area (Å²) in [7, 11) is -1.60. The molecule has 0 bridgehead atoms. The fourth-order valence-corrected chi connectivity index (χ4v) is 4.99. The molecule has 1 aliphatic rings. The van der Waals surface area contributed by atoms with E-state index in [1.165, 1.54) is 11.9 Å². The molecule has 1 unspecified atom stereocenters. The van der Waals surface area contributed by atoms with Crippen molar-refractivity contribution in [3.8, 4) is 0 Å². The summed E-state index contributed by atoms with van der Waals surface area (Å²) in [5, 5.41) is 10.7. The third-order valence-electron chi connectivity index (χ3n) is 3.15. The van der Waals surface area contributed by atoms with Gasteiger partial charge in [-0.25, -0.2) is 8.42 Å². The Hall–Kier alpha value is -1.19. The molecule has 1 aromatic heterocycles. The van der Waals surface area contributed by atoms with Gasteiger partial charge in [0.1, 0.15) is 4.88 Å². The highest BCUT2D eigenvalue weighted by Crippen LogP contribution is 2.34. The van der Waals surface area contributed by atoms with Crippen LogP contribution in [0.5, 0.6) is 0 Å². The van der Waals surface area contributed by atoms with Crippen LogP contribution < -0.4 is 0 Å². The minimum atomic E-state index is -3.10. The highest BCUT2D eigenvalue weighted by Gasteiger charge is 2.34. The van der Waals surface area contributed by atoms with Gasteiger partial charge in [-0.05, 0) is 6.42 Å². The predicted octanol–water partition coefficient (Wildman–Crippen LogP) is 1.57. The lowest BCUT2D eigenvalue weighted by Crippen LogP contribution is -2.37. The van der Waals surface area contributed by atoms with E-state index in [4.69, 9.17) is 11.6 Å². The molecule has 1 aliphatic heterocycles. The van der Waals surface area contributed by atoms with Crippen LogP contribution in [-0.2, 0) is 9.84 Å². The van der Waals surface area contributed by atoms with Crippen molar-refractivity contribution in [2.24, 2.45) is 0 Å². The minimum absolute atomic E-state index is 0.0562. The Morgan fingerprint density at radius 2 is 2.25 bits per heavy atom. The topological polar surface area (TPSA) is 97.6 Å². The maximum Gasteiger partial charge on any atom is 0.299 e. The monoisotopic (exact) mass is 338 g/mol. The molecule has 1 amide bonds. The number of carbonyl (C=O) groups is 1. The van der Waals surface area contributed by atoms with Crippen LogP contribution in [0.3, 0.4) is 0 Å². The molecule has 0 aliphatic carbocycles. The number of hydrogen-bond acceptors (Lipinski definition) is 6. The predicted molar refractivity (Wildman–Crippen MR) is 75.1 cm³/mol. The summed E-state index contributed by atoms with van der Waals surface area (Å²) in [5.41, 5.74) is -0.313. The maximum absolute atomic E-state index is 12.2. The van der Waals surface area contributed by atoms with Crippen LogP contribution in [0.2, 0.25) is 4.34 Å². The normalized spacial score (nSPS) is 20.8. The van der Waals surface area contributed by atoms with Crippen molar-refractivity contribution < 1.29 is 18.1 Å². The van der Waals surface area contributed by atoms with Gasteiger partial charge in [0.05, 0.1) is 16.4 Å². The molecule has 0 spiro atoms. The second-order valence-electron chi connectivity index (χ2n) is 4.50. The number of rotatable bonds is 3. The van der Waals surface area contributed by atoms with Gasteiger partial charge in [0, 0.05) is 19.2 Å². The maximum atomic E-state index is 12.2. The molecule has 1 fully saturated rings. The highest BCUT2D eigenvalue weighted by atomic mass is 35.5. The Kier molecular flexibility index (Phi) is 4.03. The molecular weight excluding hydrogens is 328 g/mol. The summed E-state index contributed by atoms with van der Waals surface area (Å²) in [6.45, 7) is 0. The summed E-state index contributed by atoms with van der Waals surface area (Å²) < 4.78 is 22.7. The molecule has 1 aromatic rings. The average Bonchev–Trinajstić information content (AvgIpc) is 2.90. The summed E-state index contributed by atoms with van der Waals surface area (Å²) in [5.74, 6) is -0.469. The minimum Gasteiger partial charge on any atom is -0.337 e. The molecule has 2 rings (SSSR count). The van der Waals surface area contributed by atoms with Gasteiger partial charge in [-0.15, -0.1) is 11.3 Å². The van der Waals surface area contributed by atoms with Gasteiger partial charge >= 0.3 is 0 Å². The van der Waals surface area contributed by atoms with E-state index in [2.05, 4.69) is 0 Å². The Morgan fingerprint density at radius 3 is 2.70 bits per heavy atom. The van der Waals surface area contributed by atoms with Crippen molar-refractivity contribution >= 4 is 44.4 Å². The second-order valence-corrected chi connectivity index (χ2v) is 8.38. The zero-order valence-electron chi connectivity index (χ0n) is 10.4. The second kappa shape index (κ2) is 5.30. The van der Waals surface area contributed by atoms with Crippen LogP contribution in [0.1, 0.15) is 16.1 Å². The van der Waals surface area contributed by atoms with Gasteiger partial charge in [-0.3, -0.25) is 14.9 Å². The first-order valence-corrected chi connectivity index (χ1v) is 8.64. The van der Waals surface area contributed by atoms with E-state index in [1.54, 1.807) is 0 Å². The molecule has 2 heterocycles. The molecule has 0 saturated carbocycles. The van der Waals surface area contributed by atoms with E-state index in [9.17, 15) is 23.3 Å². The van der Waals surface area contributed by atoms with E-state index in [1.807, 2.05) is 0 Å². The van der Waals surface area contributed by atoms with E-state index < -0.39 is 26.7 Å². The third kappa shape index (κ3) is 2.94. The Morgan fingerprint density at radius 1 is 1.60 bits per heavy atom. The number of sulfone groups is 1. The molecule has 0 radical (unpaired) electrons. The first kappa shape index (κ1) is 15.2. The number of nitrogens with zero attached hydrogens (tertiary/aromatic N) is 2. The Bertz CT molecular complexity index is 669. The zero-order chi connectivity index (χ0) is 15.1. The van der Waals surface area contributed by atoms with Crippen molar-refractivity contribution in [2.45, 2.75) is 12.5 Å². The van der Waals surface area contributed by atoms with Crippen LogP contribution >= 0.6 is 22.9 Å². The van der Waals surface area contributed by atoms with Crippen molar-refractivity contribution in [2.75, 3.05) is 18.6 Å². The number of hydrogen-bond donors (Lipinski definition) is 0. The molecule has 10 heteroatoms. The Balaban J connectivity index is 2.19. The lowest BCUT2D eigenvalue weighted by atomic mass is 10.2. The van der Waals surface area contributed by atoms with E-state index in [0.29, 0.717) is 6.42 Å². The van der Waals surface area contributed by atoms with Gasteiger partial charge in [-0.1, -0.05) is 11.6 Å². The Labute approximate surface area is 124 Å². The van der Waals surface area contributed by atoms with E-state index >= 15 is 0 Å². The van der Waals surface area contributed by atoms with Gasteiger partial charge in [0.2, 0.25) is 0 Å². The highest BCUT2D eigenvalue weighted by molar-refractivity contribution is 7.91. The molecule has 0 N–H and O–H groups in total. The average molecular weight is 339 g/mol. The first-order chi connectivity index (χ1) is 9.21.